The first-order valence-electron chi connectivity index (χ1n) is 10.7. The number of benzene rings is 2. The molecule has 0 unspecified atom stereocenters. The third kappa shape index (κ3) is 6.34. The van der Waals surface area contributed by atoms with Gasteiger partial charge in [-0.1, -0.05) is 44.2 Å². The Labute approximate surface area is 180 Å². The summed E-state index contributed by atoms with van der Waals surface area (Å²) in [6, 6.07) is 13.2. The van der Waals surface area contributed by atoms with Crippen LogP contribution < -0.4 is 10.1 Å². The molecule has 0 fully saturated rings. The standard InChI is InChI=1S/C25H34N2O3/c1-6-13-26-25(29)23(7-2)27(17-21-9-8-10-22(15-21)30-5)24(28)16-20-12-11-18(3)19(4)14-20/h8-12,14-15,23H,6-7,13,16-17H2,1-5H3,(H,26,29)/t23-/m1/s1. The number of ether oxygens (including phenoxy) is 1. The van der Waals surface area contributed by atoms with Gasteiger partial charge in [0.2, 0.25) is 11.8 Å². The van der Waals surface area contributed by atoms with Crippen LogP contribution in [0, 0.1) is 13.8 Å². The van der Waals surface area contributed by atoms with Crippen molar-refractivity contribution >= 4 is 11.8 Å². The van der Waals surface area contributed by atoms with Crippen molar-refractivity contribution in [2.24, 2.45) is 0 Å². The molecule has 0 radical (unpaired) electrons. The molecule has 1 N–H and O–H groups in total. The maximum Gasteiger partial charge on any atom is 0.242 e. The minimum absolute atomic E-state index is 0.0560. The second-order valence-electron chi connectivity index (χ2n) is 7.68. The molecule has 0 saturated carbocycles. The van der Waals surface area contributed by atoms with Crippen LogP contribution >= 0.6 is 0 Å². The molecule has 5 heteroatoms. The molecule has 30 heavy (non-hydrogen) atoms. The molecule has 0 aliphatic rings. The van der Waals surface area contributed by atoms with Crippen LogP contribution in [0.25, 0.3) is 0 Å². The predicted octanol–water partition coefficient (Wildman–Crippen LogP) is 4.19. The molecule has 1 atom stereocenters. The van der Waals surface area contributed by atoms with Crippen LogP contribution in [-0.2, 0) is 22.6 Å². The third-order valence-corrected chi connectivity index (χ3v) is 5.35. The van der Waals surface area contributed by atoms with Crippen molar-refractivity contribution < 1.29 is 14.3 Å². The number of nitrogens with one attached hydrogen (secondary N) is 1. The largest absolute Gasteiger partial charge is 0.497 e. The lowest BCUT2D eigenvalue weighted by Gasteiger charge is -2.31. The third-order valence-electron chi connectivity index (χ3n) is 5.35. The van der Waals surface area contributed by atoms with Gasteiger partial charge in [-0.2, -0.15) is 0 Å². The van der Waals surface area contributed by atoms with Gasteiger partial charge in [0.05, 0.1) is 13.5 Å². The first kappa shape index (κ1) is 23.5. The summed E-state index contributed by atoms with van der Waals surface area (Å²) in [7, 11) is 1.62. The molecule has 0 heterocycles. The topological polar surface area (TPSA) is 58.6 Å². The molecule has 2 aromatic carbocycles. The normalized spacial score (nSPS) is 11.6. The molecule has 5 nitrogen and oxygen atoms in total. The van der Waals surface area contributed by atoms with Crippen LogP contribution in [0.5, 0.6) is 5.75 Å². The van der Waals surface area contributed by atoms with Crippen molar-refractivity contribution in [3.63, 3.8) is 0 Å². The summed E-state index contributed by atoms with van der Waals surface area (Å²) in [5.74, 6) is 0.577. The highest BCUT2D eigenvalue weighted by Gasteiger charge is 2.28. The minimum atomic E-state index is -0.512. The summed E-state index contributed by atoms with van der Waals surface area (Å²) in [5.41, 5.74) is 4.25. The zero-order valence-electron chi connectivity index (χ0n) is 18.8. The van der Waals surface area contributed by atoms with E-state index in [0.717, 1.165) is 28.9 Å². The smallest absolute Gasteiger partial charge is 0.242 e. The SMILES string of the molecule is CCCNC(=O)[C@@H](CC)N(Cc1cccc(OC)c1)C(=O)Cc1ccc(C)c(C)c1. The highest BCUT2D eigenvalue weighted by Crippen LogP contribution is 2.19. The zero-order valence-corrected chi connectivity index (χ0v) is 18.8. The molecule has 0 saturated heterocycles. The zero-order chi connectivity index (χ0) is 22.1. The summed E-state index contributed by atoms with van der Waals surface area (Å²) in [4.78, 5) is 27.9. The molecule has 0 aliphatic heterocycles. The maximum atomic E-state index is 13.4. The summed E-state index contributed by atoms with van der Waals surface area (Å²) in [5, 5.41) is 2.95. The Balaban J connectivity index is 2.30. The molecule has 0 bridgehead atoms. The Morgan fingerprint density at radius 3 is 2.43 bits per heavy atom. The molecule has 162 valence electrons. The monoisotopic (exact) mass is 410 g/mol. The van der Waals surface area contributed by atoms with Gasteiger partial charge in [-0.05, 0) is 61.1 Å². The van der Waals surface area contributed by atoms with Crippen LogP contribution in [0.1, 0.15) is 48.9 Å². The van der Waals surface area contributed by atoms with E-state index in [2.05, 4.69) is 18.3 Å². The first-order chi connectivity index (χ1) is 14.4. The van der Waals surface area contributed by atoms with E-state index >= 15 is 0 Å². The molecule has 0 spiro atoms. The van der Waals surface area contributed by atoms with Crippen molar-refractivity contribution in [1.82, 2.24) is 10.2 Å². The lowest BCUT2D eigenvalue weighted by Crippen LogP contribution is -2.49. The molecule has 2 aromatic rings. The molecule has 0 aromatic heterocycles. The molecular weight excluding hydrogens is 376 g/mol. The second kappa shape index (κ2) is 11.4. The second-order valence-corrected chi connectivity index (χ2v) is 7.68. The van der Waals surface area contributed by atoms with Gasteiger partial charge in [0, 0.05) is 13.1 Å². The van der Waals surface area contributed by atoms with Gasteiger partial charge in [-0.25, -0.2) is 0 Å². The molecule has 0 aliphatic carbocycles. The summed E-state index contributed by atoms with van der Waals surface area (Å²) in [6.45, 7) is 9.02. The minimum Gasteiger partial charge on any atom is -0.497 e. The van der Waals surface area contributed by atoms with Crippen molar-refractivity contribution in [1.29, 1.82) is 0 Å². The Bertz CT molecular complexity index is 863. The van der Waals surface area contributed by atoms with Crippen molar-refractivity contribution in [2.45, 2.75) is 59.5 Å². The number of methoxy groups -OCH3 is 1. The predicted molar refractivity (Wildman–Crippen MR) is 121 cm³/mol. The van der Waals surface area contributed by atoms with E-state index in [1.807, 2.05) is 57.2 Å². The highest BCUT2D eigenvalue weighted by atomic mass is 16.5. The van der Waals surface area contributed by atoms with Crippen LogP contribution in [0.3, 0.4) is 0 Å². The van der Waals surface area contributed by atoms with Crippen molar-refractivity contribution in [2.75, 3.05) is 13.7 Å². The average Bonchev–Trinajstić information content (AvgIpc) is 2.74. The fourth-order valence-electron chi connectivity index (χ4n) is 3.44. The van der Waals surface area contributed by atoms with Crippen LogP contribution in [0.15, 0.2) is 42.5 Å². The van der Waals surface area contributed by atoms with E-state index in [-0.39, 0.29) is 18.2 Å². The van der Waals surface area contributed by atoms with Gasteiger partial charge in [0.15, 0.2) is 0 Å². The molecule has 2 amide bonds. The quantitative estimate of drug-likeness (QED) is 0.639. The fraction of sp³-hybridized carbons (Fsp3) is 0.440. The number of rotatable bonds is 10. The van der Waals surface area contributed by atoms with Crippen LogP contribution in [0.2, 0.25) is 0 Å². The maximum absolute atomic E-state index is 13.4. The molecule has 2 rings (SSSR count). The molecular formula is C25H34N2O3. The van der Waals surface area contributed by atoms with E-state index in [1.54, 1.807) is 12.0 Å². The Morgan fingerprint density at radius 1 is 1.03 bits per heavy atom. The number of carbonyl (C=O) groups excluding carboxylic acids is 2. The summed E-state index contributed by atoms with van der Waals surface area (Å²) >= 11 is 0. The average molecular weight is 411 g/mol. The number of nitrogens with zero attached hydrogens (tertiary/aromatic N) is 1. The number of aryl methyl sites for hydroxylation is 2. The fourth-order valence-corrected chi connectivity index (χ4v) is 3.44. The van der Waals surface area contributed by atoms with Gasteiger partial charge >= 0.3 is 0 Å². The summed E-state index contributed by atoms with van der Waals surface area (Å²) < 4.78 is 5.32. The lowest BCUT2D eigenvalue weighted by molar-refractivity contribution is -0.140. The Morgan fingerprint density at radius 2 is 1.80 bits per heavy atom. The number of carbonyl (C=O) groups is 2. The Kier molecular flexibility index (Phi) is 8.90. The van der Waals surface area contributed by atoms with E-state index < -0.39 is 6.04 Å². The highest BCUT2D eigenvalue weighted by molar-refractivity contribution is 5.88. The van der Waals surface area contributed by atoms with Crippen molar-refractivity contribution in [3.8, 4) is 5.75 Å². The van der Waals surface area contributed by atoms with E-state index in [9.17, 15) is 9.59 Å². The van der Waals surface area contributed by atoms with Crippen molar-refractivity contribution in [3.05, 3.63) is 64.7 Å². The number of amides is 2. The Hall–Kier alpha value is -2.82. The summed E-state index contributed by atoms with van der Waals surface area (Å²) in [6.07, 6.45) is 1.68. The van der Waals surface area contributed by atoms with Gasteiger partial charge < -0.3 is 15.0 Å². The van der Waals surface area contributed by atoms with Crippen LogP contribution in [-0.4, -0.2) is 36.4 Å². The van der Waals surface area contributed by atoms with E-state index in [4.69, 9.17) is 4.74 Å². The van der Waals surface area contributed by atoms with Gasteiger partial charge in [-0.3, -0.25) is 9.59 Å². The van der Waals surface area contributed by atoms with Gasteiger partial charge in [0.1, 0.15) is 11.8 Å². The first-order valence-corrected chi connectivity index (χ1v) is 10.7. The number of hydrogen-bond donors (Lipinski definition) is 1. The van der Waals surface area contributed by atoms with Gasteiger partial charge in [-0.15, -0.1) is 0 Å². The van der Waals surface area contributed by atoms with E-state index in [0.29, 0.717) is 19.5 Å². The van der Waals surface area contributed by atoms with Crippen LogP contribution in [0.4, 0.5) is 0 Å². The van der Waals surface area contributed by atoms with Gasteiger partial charge in [0.25, 0.3) is 0 Å². The lowest BCUT2D eigenvalue weighted by atomic mass is 10.0. The number of hydrogen-bond acceptors (Lipinski definition) is 3. The van der Waals surface area contributed by atoms with E-state index in [1.165, 1.54) is 5.56 Å².